The molecule has 18 heteroatoms. The maximum Gasteiger partial charge on any atom is 0.460 e. The molecule has 0 fully saturated rings. The van der Waals surface area contributed by atoms with Crippen molar-refractivity contribution in [1.82, 2.24) is 0 Å². The van der Waals surface area contributed by atoms with Gasteiger partial charge in [-0.25, -0.2) is 0 Å². The van der Waals surface area contributed by atoms with E-state index in [0.717, 1.165) is 0 Å². The molecular formula is C14H7F14NOS2. The molecular weight excluding hydrogens is 528 g/mol. The predicted molar refractivity (Wildman–Crippen MR) is 85.3 cm³/mol. The van der Waals surface area contributed by atoms with Gasteiger partial charge in [-0.3, -0.25) is 4.79 Å². The number of halogens is 14. The third kappa shape index (κ3) is 6.05. The fraction of sp³-hybridized carbons (Fsp3) is 0.500. The molecule has 0 unspecified atom stereocenters. The number of thioether (sulfide) groups is 2. The number of nitrogens with one attached hydrogen (secondary N) is 1. The Labute approximate surface area is 177 Å². The van der Waals surface area contributed by atoms with E-state index >= 15 is 0 Å². The Morgan fingerprint density at radius 3 is 1.50 bits per heavy atom. The number of alkyl halides is 14. The van der Waals surface area contributed by atoms with Crippen molar-refractivity contribution >= 4 is 35.1 Å². The van der Waals surface area contributed by atoms with E-state index in [9.17, 15) is 66.3 Å². The average molecular weight is 535 g/mol. The zero-order valence-electron chi connectivity index (χ0n) is 14.5. The smallest absolute Gasteiger partial charge is 0.325 e. The summed E-state index contributed by atoms with van der Waals surface area (Å²) in [5, 5.41) is -9.66. The van der Waals surface area contributed by atoms with E-state index in [1.165, 1.54) is 0 Å². The standard InChI is InChI=1S/C14H7F14NOS2/c15-9(16,11(19,20)21)13(25,26)31-5-8(30)29-6-1-3-7(4-2-6)32-14(27,28)10(17,18)12(22,23)24/h1-4H,5H2,(H,29,30). The highest BCUT2D eigenvalue weighted by molar-refractivity contribution is 8.01. The molecule has 1 aromatic carbocycles. The highest BCUT2D eigenvalue weighted by Crippen LogP contribution is 2.54. The van der Waals surface area contributed by atoms with Gasteiger partial charge in [-0.1, -0.05) is 11.8 Å². The van der Waals surface area contributed by atoms with E-state index < -0.39 is 80.5 Å². The summed E-state index contributed by atoms with van der Waals surface area (Å²) in [5.74, 6) is -16.0. The average Bonchev–Trinajstić information content (AvgIpc) is 2.59. The molecule has 0 saturated heterocycles. The molecule has 0 aliphatic rings. The number of rotatable bonds is 8. The largest absolute Gasteiger partial charge is 0.460 e. The first-order chi connectivity index (χ1) is 14.1. The second kappa shape index (κ2) is 8.98. The molecule has 0 radical (unpaired) electrons. The Morgan fingerprint density at radius 2 is 1.09 bits per heavy atom. The summed E-state index contributed by atoms with van der Waals surface area (Å²) in [6.45, 7) is 0. The number of hydrogen-bond acceptors (Lipinski definition) is 3. The third-order valence-corrected chi connectivity index (χ3v) is 5.26. The number of amides is 1. The van der Waals surface area contributed by atoms with E-state index in [1.807, 2.05) is 0 Å². The van der Waals surface area contributed by atoms with E-state index in [2.05, 4.69) is 0 Å². The highest BCUT2D eigenvalue weighted by Gasteiger charge is 2.74. The van der Waals surface area contributed by atoms with Gasteiger partial charge in [0.15, 0.2) is 0 Å². The fourth-order valence-electron chi connectivity index (χ4n) is 1.59. The molecule has 0 heterocycles. The summed E-state index contributed by atoms with van der Waals surface area (Å²) in [6.07, 6.45) is -13.2. The molecule has 0 aliphatic carbocycles. The second-order valence-electron chi connectivity index (χ2n) is 5.64. The topological polar surface area (TPSA) is 29.1 Å². The Hall–Kier alpha value is -1.59. The predicted octanol–water partition coefficient (Wildman–Crippen LogP) is 7.03. The molecule has 1 aromatic rings. The van der Waals surface area contributed by atoms with Crippen molar-refractivity contribution < 1.29 is 66.3 Å². The van der Waals surface area contributed by atoms with Crippen LogP contribution in [0.1, 0.15) is 0 Å². The molecule has 1 amide bonds. The summed E-state index contributed by atoms with van der Waals surface area (Å²) in [6, 6.07) is 2.35. The Balaban J connectivity index is 2.78. The molecule has 0 bridgehead atoms. The zero-order chi connectivity index (χ0) is 25.4. The summed E-state index contributed by atoms with van der Waals surface area (Å²) in [7, 11) is 0. The van der Waals surface area contributed by atoms with Crippen molar-refractivity contribution in [2.24, 2.45) is 0 Å². The molecule has 32 heavy (non-hydrogen) atoms. The lowest BCUT2D eigenvalue weighted by Gasteiger charge is -2.27. The maximum atomic E-state index is 13.3. The van der Waals surface area contributed by atoms with Gasteiger partial charge < -0.3 is 5.32 Å². The van der Waals surface area contributed by atoms with E-state index in [0.29, 0.717) is 24.3 Å². The van der Waals surface area contributed by atoms with Gasteiger partial charge >= 0.3 is 34.7 Å². The van der Waals surface area contributed by atoms with Crippen LogP contribution in [0.5, 0.6) is 0 Å². The van der Waals surface area contributed by atoms with Crippen molar-refractivity contribution in [3.63, 3.8) is 0 Å². The number of anilines is 1. The number of carbonyl (C=O) groups excluding carboxylic acids is 1. The van der Waals surface area contributed by atoms with E-state index in [4.69, 9.17) is 0 Å². The van der Waals surface area contributed by atoms with Crippen LogP contribution in [0.2, 0.25) is 0 Å². The van der Waals surface area contributed by atoms with Crippen LogP contribution in [0.25, 0.3) is 0 Å². The molecule has 0 aromatic heterocycles. The maximum absolute atomic E-state index is 13.3. The molecule has 0 aliphatic heterocycles. The lowest BCUT2D eigenvalue weighted by atomic mass is 10.3. The first kappa shape index (κ1) is 28.4. The van der Waals surface area contributed by atoms with Crippen molar-refractivity contribution in [3.8, 4) is 0 Å². The second-order valence-corrected chi connectivity index (χ2v) is 7.92. The SMILES string of the molecule is O=C(CSC(F)(F)C(F)(F)C(F)(F)F)Nc1ccc(SC(F)(F)C(F)(F)C(F)(F)F)cc1. The molecule has 184 valence electrons. The van der Waals surface area contributed by atoms with Gasteiger partial charge in [0.25, 0.3) is 0 Å². The number of carbonyl (C=O) groups is 1. The van der Waals surface area contributed by atoms with Gasteiger partial charge in [-0.05, 0) is 36.0 Å². The minimum absolute atomic E-state index is 0.447. The Bertz CT molecular complexity index is 803. The third-order valence-electron chi connectivity index (χ3n) is 3.21. The lowest BCUT2D eigenvalue weighted by molar-refractivity contribution is -0.330. The van der Waals surface area contributed by atoms with Gasteiger partial charge in [0.1, 0.15) is 0 Å². The lowest BCUT2D eigenvalue weighted by Crippen LogP contribution is -2.50. The summed E-state index contributed by atoms with van der Waals surface area (Å²) in [4.78, 5) is 10.6. The summed E-state index contributed by atoms with van der Waals surface area (Å²) < 4.78 is 176. The highest BCUT2D eigenvalue weighted by atomic mass is 32.2. The quantitative estimate of drug-likeness (QED) is 0.286. The van der Waals surface area contributed by atoms with Crippen molar-refractivity contribution in [2.75, 3.05) is 11.1 Å². The van der Waals surface area contributed by atoms with Crippen LogP contribution in [0, 0.1) is 0 Å². The van der Waals surface area contributed by atoms with Crippen molar-refractivity contribution in [2.45, 2.75) is 39.6 Å². The van der Waals surface area contributed by atoms with E-state index in [1.54, 1.807) is 5.32 Å². The first-order valence-corrected chi connectivity index (χ1v) is 9.23. The van der Waals surface area contributed by atoms with E-state index in [-0.39, 0.29) is 0 Å². The van der Waals surface area contributed by atoms with Gasteiger partial charge in [0.05, 0.1) is 5.75 Å². The van der Waals surface area contributed by atoms with Gasteiger partial charge in [0.2, 0.25) is 5.91 Å². The fourth-order valence-corrected chi connectivity index (χ4v) is 3.09. The van der Waals surface area contributed by atoms with Crippen LogP contribution in [-0.2, 0) is 4.79 Å². The van der Waals surface area contributed by atoms with Crippen LogP contribution in [0.3, 0.4) is 0 Å². The monoisotopic (exact) mass is 535 g/mol. The van der Waals surface area contributed by atoms with Crippen LogP contribution >= 0.6 is 23.5 Å². The molecule has 1 N–H and O–H groups in total. The van der Waals surface area contributed by atoms with Crippen LogP contribution in [0.4, 0.5) is 67.2 Å². The van der Waals surface area contributed by atoms with Gasteiger partial charge in [-0.15, -0.1) is 0 Å². The molecule has 1 rings (SSSR count). The van der Waals surface area contributed by atoms with Crippen LogP contribution < -0.4 is 5.32 Å². The number of hydrogen-bond donors (Lipinski definition) is 1. The Kier molecular flexibility index (Phi) is 7.98. The van der Waals surface area contributed by atoms with Crippen LogP contribution in [-0.4, -0.2) is 46.4 Å². The van der Waals surface area contributed by atoms with Crippen LogP contribution in [0.15, 0.2) is 29.2 Å². The number of benzene rings is 1. The molecule has 0 atom stereocenters. The Morgan fingerprint density at radius 1 is 0.688 bits per heavy atom. The summed E-state index contributed by atoms with van der Waals surface area (Å²) in [5.41, 5.74) is -0.447. The zero-order valence-corrected chi connectivity index (χ0v) is 16.2. The first-order valence-electron chi connectivity index (χ1n) is 7.43. The summed E-state index contributed by atoms with van der Waals surface area (Å²) >= 11 is -2.54. The minimum atomic E-state index is -6.61. The molecule has 0 spiro atoms. The normalized spacial score (nSPS) is 14.4. The molecule has 2 nitrogen and oxygen atoms in total. The minimum Gasteiger partial charge on any atom is -0.325 e. The van der Waals surface area contributed by atoms with Crippen molar-refractivity contribution in [3.05, 3.63) is 24.3 Å². The van der Waals surface area contributed by atoms with Gasteiger partial charge in [0, 0.05) is 10.6 Å². The van der Waals surface area contributed by atoms with Gasteiger partial charge in [-0.2, -0.15) is 61.5 Å². The molecule has 0 saturated carbocycles. The van der Waals surface area contributed by atoms with Crippen molar-refractivity contribution in [1.29, 1.82) is 0 Å².